The summed E-state index contributed by atoms with van der Waals surface area (Å²) in [4.78, 5) is 5.68. The summed E-state index contributed by atoms with van der Waals surface area (Å²) in [6, 6.07) is 26.0. The van der Waals surface area contributed by atoms with Crippen LogP contribution in [-0.2, 0) is 11.4 Å². The molecule has 4 rings (SSSR count). The summed E-state index contributed by atoms with van der Waals surface area (Å²) in [5.74, 6) is 2.13. The first-order valence-electron chi connectivity index (χ1n) is 11.4. The zero-order chi connectivity index (χ0) is 24.8. The van der Waals surface area contributed by atoms with E-state index in [-0.39, 0.29) is 0 Å². The van der Waals surface area contributed by atoms with E-state index in [1.54, 1.807) is 21.3 Å². The molecule has 0 fully saturated rings. The van der Waals surface area contributed by atoms with Crippen molar-refractivity contribution in [1.82, 2.24) is 4.57 Å². The molecule has 1 heterocycles. The Labute approximate surface area is 206 Å². The number of rotatable bonds is 9. The van der Waals surface area contributed by atoms with Crippen LogP contribution in [0.5, 0.6) is 17.2 Å². The van der Waals surface area contributed by atoms with E-state index in [1.165, 1.54) is 0 Å². The van der Waals surface area contributed by atoms with Crippen molar-refractivity contribution in [3.05, 3.63) is 95.7 Å². The molecule has 0 bridgehead atoms. The van der Waals surface area contributed by atoms with Gasteiger partial charge in [-0.2, -0.15) is 0 Å². The third kappa shape index (κ3) is 5.17. The first-order valence-corrected chi connectivity index (χ1v) is 11.4. The summed E-state index contributed by atoms with van der Waals surface area (Å²) in [7, 11) is 4.94. The monoisotopic (exact) mass is 470 g/mol. The molecule has 0 aliphatic carbocycles. The van der Waals surface area contributed by atoms with E-state index < -0.39 is 0 Å². The fraction of sp³-hybridized carbons (Fsp3) is 0.207. The van der Waals surface area contributed by atoms with Crippen molar-refractivity contribution in [2.24, 2.45) is 5.16 Å². The van der Waals surface area contributed by atoms with Gasteiger partial charge in [0.25, 0.3) is 0 Å². The number of benzene rings is 3. The maximum atomic E-state index is 5.68. The van der Waals surface area contributed by atoms with Crippen molar-refractivity contribution < 1.29 is 19.0 Å². The minimum atomic E-state index is 0.413. The van der Waals surface area contributed by atoms with Crippen LogP contribution < -0.4 is 14.2 Å². The number of methoxy groups -OCH3 is 3. The molecule has 3 aromatic carbocycles. The summed E-state index contributed by atoms with van der Waals surface area (Å²) in [5.41, 5.74) is 6.85. The molecule has 0 saturated carbocycles. The number of hydrogen-bond donors (Lipinski definition) is 0. The molecule has 180 valence electrons. The molecule has 0 N–H and O–H groups in total. The van der Waals surface area contributed by atoms with Crippen molar-refractivity contribution in [2.75, 3.05) is 21.3 Å². The van der Waals surface area contributed by atoms with Gasteiger partial charge in [0.15, 0.2) is 11.5 Å². The van der Waals surface area contributed by atoms with Gasteiger partial charge in [-0.15, -0.1) is 0 Å². The Morgan fingerprint density at radius 3 is 2.29 bits per heavy atom. The molecule has 6 nitrogen and oxygen atoms in total. The lowest BCUT2D eigenvalue weighted by Crippen LogP contribution is -2.03. The second kappa shape index (κ2) is 10.8. The van der Waals surface area contributed by atoms with Crippen molar-refractivity contribution in [2.45, 2.75) is 20.5 Å². The van der Waals surface area contributed by atoms with Crippen LogP contribution in [0.3, 0.4) is 0 Å². The lowest BCUT2D eigenvalue weighted by molar-refractivity contribution is 0.130. The van der Waals surface area contributed by atoms with Crippen LogP contribution in [0, 0.1) is 6.92 Å². The molecule has 0 spiro atoms. The topological polar surface area (TPSA) is 54.2 Å². The van der Waals surface area contributed by atoms with E-state index in [9.17, 15) is 0 Å². The van der Waals surface area contributed by atoms with Crippen LogP contribution in [0.1, 0.15) is 23.7 Å². The zero-order valence-electron chi connectivity index (χ0n) is 20.7. The van der Waals surface area contributed by atoms with Gasteiger partial charge in [-0.1, -0.05) is 47.6 Å². The third-order valence-electron chi connectivity index (χ3n) is 5.90. The summed E-state index contributed by atoms with van der Waals surface area (Å²) in [5, 5.41) is 4.42. The Hall–Kier alpha value is -4.19. The number of aromatic nitrogens is 1. The van der Waals surface area contributed by atoms with E-state index >= 15 is 0 Å². The Morgan fingerprint density at radius 1 is 0.800 bits per heavy atom. The van der Waals surface area contributed by atoms with E-state index in [4.69, 9.17) is 19.0 Å². The molecule has 4 aromatic rings. The summed E-state index contributed by atoms with van der Waals surface area (Å²) < 4.78 is 18.7. The van der Waals surface area contributed by atoms with Crippen molar-refractivity contribution in [3.63, 3.8) is 0 Å². The molecule has 0 saturated heterocycles. The summed E-state index contributed by atoms with van der Waals surface area (Å²) >= 11 is 0. The van der Waals surface area contributed by atoms with Crippen molar-refractivity contribution >= 4 is 5.71 Å². The maximum absolute atomic E-state index is 5.68. The minimum Gasteiger partial charge on any atom is -0.497 e. The number of nitrogens with zero attached hydrogens (tertiary/aromatic N) is 2. The lowest BCUT2D eigenvalue weighted by atomic mass is 10.1. The summed E-state index contributed by atoms with van der Waals surface area (Å²) in [6.07, 6.45) is 0. The van der Waals surface area contributed by atoms with E-state index in [2.05, 4.69) is 28.8 Å². The fourth-order valence-electron chi connectivity index (χ4n) is 4.09. The van der Waals surface area contributed by atoms with Crippen LogP contribution in [0.2, 0.25) is 0 Å². The molecular formula is C29H30N2O4. The zero-order valence-corrected chi connectivity index (χ0v) is 20.7. The molecule has 0 unspecified atom stereocenters. The lowest BCUT2D eigenvalue weighted by Gasteiger charge is -2.15. The van der Waals surface area contributed by atoms with Gasteiger partial charge in [-0.3, -0.25) is 0 Å². The van der Waals surface area contributed by atoms with Gasteiger partial charge in [0.1, 0.15) is 12.4 Å². The Morgan fingerprint density at radius 2 is 1.57 bits per heavy atom. The van der Waals surface area contributed by atoms with Crippen LogP contribution in [-0.4, -0.2) is 31.6 Å². The second-order valence-electron chi connectivity index (χ2n) is 8.07. The normalized spacial score (nSPS) is 11.3. The molecule has 0 atom stereocenters. The Balaban J connectivity index is 1.79. The van der Waals surface area contributed by atoms with Gasteiger partial charge >= 0.3 is 0 Å². The standard InChI is InChI=1S/C29H30N2O4/c1-20(30-35-19-22-10-7-6-8-11-22)26-18-27(23-12-9-13-25(16-23)32-3)31(21(26)2)24-14-15-28(33-4)29(17-24)34-5/h6-18H,19H2,1-5H3/b30-20-. The van der Waals surface area contributed by atoms with E-state index in [1.807, 2.05) is 73.7 Å². The van der Waals surface area contributed by atoms with Gasteiger partial charge < -0.3 is 23.6 Å². The van der Waals surface area contributed by atoms with E-state index in [0.717, 1.165) is 45.2 Å². The summed E-state index contributed by atoms with van der Waals surface area (Å²) in [6.45, 7) is 4.45. The average molecular weight is 471 g/mol. The smallest absolute Gasteiger partial charge is 0.162 e. The van der Waals surface area contributed by atoms with Crippen LogP contribution in [0.25, 0.3) is 16.9 Å². The minimum absolute atomic E-state index is 0.413. The highest BCUT2D eigenvalue weighted by Gasteiger charge is 2.19. The van der Waals surface area contributed by atoms with Gasteiger partial charge in [-0.05, 0) is 49.7 Å². The van der Waals surface area contributed by atoms with Crippen LogP contribution in [0.4, 0.5) is 0 Å². The highest BCUT2D eigenvalue weighted by molar-refractivity contribution is 6.01. The SMILES string of the molecule is COc1cccc(-c2cc(/C(C)=N\OCc3ccccc3)c(C)n2-c2ccc(OC)c(OC)c2)c1. The molecule has 0 aliphatic rings. The molecule has 0 amide bonds. The third-order valence-corrected chi connectivity index (χ3v) is 5.90. The van der Waals surface area contributed by atoms with Crippen LogP contribution >= 0.6 is 0 Å². The van der Waals surface area contributed by atoms with Crippen molar-refractivity contribution in [3.8, 4) is 34.2 Å². The Kier molecular flexibility index (Phi) is 7.41. The predicted molar refractivity (Wildman–Crippen MR) is 139 cm³/mol. The highest BCUT2D eigenvalue weighted by atomic mass is 16.6. The highest BCUT2D eigenvalue weighted by Crippen LogP contribution is 2.35. The molecule has 0 radical (unpaired) electrons. The predicted octanol–water partition coefficient (Wildman–Crippen LogP) is 6.42. The number of hydrogen-bond acceptors (Lipinski definition) is 5. The quantitative estimate of drug-likeness (QED) is 0.209. The fourth-order valence-corrected chi connectivity index (χ4v) is 4.09. The molecule has 35 heavy (non-hydrogen) atoms. The van der Waals surface area contributed by atoms with E-state index in [0.29, 0.717) is 18.1 Å². The largest absolute Gasteiger partial charge is 0.497 e. The van der Waals surface area contributed by atoms with Crippen molar-refractivity contribution in [1.29, 1.82) is 0 Å². The molecular weight excluding hydrogens is 440 g/mol. The molecule has 6 heteroatoms. The van der Waals surface area contributed by atoms with Gasteiger partial charge in [0.05, 0.1) is 32.7 Å². The maximum Gasteiger partial charge on any atom is 0.162 e. The first kappa shape index (κ1) is 24.0. The Bertz CT molecular complexity index is 1330. The average Bonchev–Trinajstić information content (AvgIpc) is 3.25. The molecule has 0 aliphatic heterocycles. The van der Waals surface area contributed by atoms with Crippen LogP contribution in [0.15, 0.2) is 84.0 Å². The first-order chi connectivity index (χ1) is 17.0. The van der Waals surface area contributed by atoms with Gasteiger partial charge in [0.2, 0.25) is 0 Å². The second-order valence-corrected chi connectivity index (χ2v) is 8.07. The van der Waals surface area contributed by atoms with Gasteiger partial charge in [-0.25, -0.2) is 0 Å². The number of oxime groups is 1. The van der Waals surface area contributed by atoms with Gasteiger partial charge in [0, 0.05) is 28.6 Å². The molecule has 1 aromatic heterocycles. The number of ether oxygens (including phenoxy) is 3.